The topological polar surface area (TPSA) is 175 Å². The maximum atomic E-state index is 13.4. The Kier molecular flexibility index (Phi) is 13.0. The van der Waals surface area contributed by atoms with Gasteiger partial charge in [-0.05, 0) is 18.9 Å². The van der Waals surface area contributed by atoms with Gasteiger partial charge in [0.15, 0.2) is 23.6 Å². The van der Waals surface area contributed by atoms with Gasteiger partial charge in [0.25, 0.3) is 5.91 Å². The molecule has 0 radical (unpaired) electrons. The Hall–Kier alpha value is -4.56. The van der Waals surface area contributed by atoms with Crippen LogP contribution in [-0.4, -0.2) is 94.2 Å². The van der Waals surface area contributed by atoms with Crippen LogP contribution in [0.5, 0.6) is 11.5 Å². The number of methoxy groups -OCH3 is 3. The Bertz CT molecular complexity index is 1300. The van der Waals surface area contributed by atoms with Crippen molar-refractivity contribution in [3.8, 4) is 11.5 Å². The zero-order valence-corrected chi connectivity index (χ0v) is 24.9. The molecule has 0 unspecified atom stereocenters. The van der Waals surface area contributed by atoms with Crippen LogP contribution in [0.25, 0.3) is 0 Å². The number of ether oxygens (including phenoxy) is 7. The van der Waals surface area contributed by atoms with E-state index < -0.39 is 60.6 Å². The van der Waals surface area contributed by atoms with Crippen molar-refractivity contribution in [2.75, 3.05) is 41.2 Å². The largest absolute Gasteiger partial charge is 0.493 e. The lowest BCUT2D eigenvalue weighted by Crippen LogP contribution is -2.47. The fraction of sp³-hybridized carbons (Fsp3) is 0.467. The number of hydrogen-bond acceptors (Lipinski definition) is 13. The molecule has 2 heterocycles. The molecule has 14 heteroatoms. The molecule has 1 aromatic heterocycles. The number of esters is 4. The first-order valence-electron chi connectivity index (χ1n) is 13.8. The number of carbonyl (C=O) groups is 5. The third-order valence-corrected chi connectivity index (χ3v) is 6.55. The quantitative estimate of drug-likeness (QED) is 0.253. The van der Waals surface area contributed by atoms with Crippen molar-refractivity contribution in [1.82, 2.24) is 10.3 Å². The molecule has 1 N–H and O–H groups in total. The molecular formula is C30H36N2O12. The highest BCUT2D eigenvalue weighted by molar-refractivity contribution is 5.99. The predicted molar refractivity (Wildman–Crippen MR) is 151 cm³/mol. The van der Waals surface area contributed by atoms with E-state index in [0.717, 1.165) is 5.56 Å². The molecule has 3 rings (SSSR count). The van der Waals surface area contributed by atoms with Gasteiger partial charge in [-0.2, -0.15) is 0 Å². The number of amides is 1. The second-order valence-corrected chi connectivity index (χ2v) is 9.70. The number of nitrogens with zero attached hydrogens (tertiary/aromatic N) is 1. The Balaban J connectivity index is 1.86. The van der Waals surface area contributed by atoms with Crippen molar-refractivity contribution in [1.29, 1.82) is 0 Å². The first-order valence-corrected chi connectivity index (χ1v) is 13.8. The molecule has 0 bridgehead atoms. The summed E-state index contributed by atoms with van der Waals surface area (Å²) in [5.41, 5.74) is 0.390. The number of hydrogen-bond donors (Lipinski definition) is 1. The molecule has 0 spiro atoms. The van der Waals surface area contributed by atoms with Gasteiger partial charge in [0.05, 0.1) is 33.2 Å². The lowest BCUT2D eigenvalue weighted by Gasteiger charge is -2.29. The predicted octanol–water partition coefficient (Wildman–Crippen LogP) is 1.43. The lowest BCUT2D eigenvalue weighted by molar-refractivity contribution is -0.174. The molecule has 1 aliphatic rings. The third kappa shape index (κ3) is 9.47. The van der Waals surface area contributed by atoms with E-state index in [1.165, 1.54) is 40.5 Å². The van der Waals surface area contributed by atoms with Gasteiger partial charge in [0.1, 0.15) is 18.6 Å². The lowest BCUT2D eigenvalue weighted by atomic mass is 9.91. The molecule has 4 atom stereocenters. The van der Waals surface area contributed by atoms with Crippen LogP contribution >= 0.6 is 0 Å². The van der Waals surface area contributed by atoms with Gasteiger partial charge in [0, 0.05) is 26.5 Å². The fourth-order valence-electron chi connectivity index (χ4n) is 4.30. The Labute approximate surface area is 254 Å². The van der Waals surface area contributed by atoms with Gasteiger partial charge in [-0.3, -0.25) is 19.2 Å². The Morgan fingerprint density at radius 3 is 2.30 bits per heavy atom. The van der Waals surface area contributed by atoms with Gasteiger partial charge in [0.2, 0.25) is 5.75 Å². The zero-order chi connectivity index (χ0) is 32.1. The van der Waals surface area contributed by atoms with Crippen molar-refractivity contribution < 1.29 is 57.1 Å². The second-order valence-electron chi connectivity index (χ2n) is 9.70. The van der Waals surface area contributed by atoms with Gasteiger partial charge in [-0.1, -0.05) is 30.3 Å². The van der Waals surface area contributed by atoms with E-state index >= 15 is 0 Å². The van der Waals surface area contributed by atoms with Gasteiger partial charge in [-0.25, -0.2) is 9.78 Å². The van der Waals surface area contributed by atoms with E-state index in [9.17, 15) is 24.0 Å². The number of rotatable bonds is 13. The highest BCUT2D eigenvalue weighted by Crippen LogP contribution is 2.30. The maximum Gasteiger partial charge on any atom is 0.332 e. The van der Waals surface area contributed by atoms with E-state index in [-0.39, 0.29) is 49.7 Å². The van der Waals surface area contributed by atoms with E-state index in [1.807, 2.05) is 6.07 Å². The highest BCUT2D eigenvalue weighted by Gasteiger charge is 2.42. The Morgan fingerprint density at radius 1 is 0.955 bits per heavy atom. The first-order chi connectivity index (χ1) is 21.2. The fourth-order valence-corrected chi connectivity index (χ4v) is 4.30. The van der Waals surface area contributed by atoms with Crippen LogP contribution in [0.2, 0.25) is 0 Å². The summed E-state index contributed by atoms with van der Waals surface area (Å²) in [5, 5.41) is 2.43. The molecule has 1 saturated heterocycles. The summed E-state index contributed by atoms with van der Waals surface area (Å²) in [4.78, 5) is 68.8. The molecule has 1 amide bonds. The molecule has 14 nitrogen and oxygen atoms in total. The van der Waals surface area contributed by atoms with E-state index in [1.54, 1.807) is 24.3 Å². The smallest absolute Gasteiger partial charge is 0.332 e. The van der Waals surface area contributed by atoms with Crippen LogP contribution in [0, 0.1) is 5.92 Å². The minimum atomic E-state index is -1.49. The standard InChI is InChI=1S/C30H36N2O12/c1-18-26(43-23(33)11-14-38-2)20(16-19-8-6-5-7-9-19)29(36)41-17-21(30(37)42-18)32-28(35)25-27(22(40-4)10-13-31-25)44-24(34)12-15-39-3/h5-10,13,18,20-21,26H,11-12,14-17H2,1-4H3,(H,32,35)/t18-,20+,21-,26-/m0/s1. The summed E-state index contributed by atoms with van der Waals surface area (Å²) in [6.45, 7) is 1.04. The summed E-state index contributed by atoms with van der Waals surface area (Å²) in [6.07, 6.45) is -1.15. The van der Waals surface area contributed by atoms with Crippen LogP contribution in [-0.2, 0) is 49.3 Å². The maximum absolute atomic E-state index is 13.4. The van der Waals surface area contributed by atoms with Gasteiger partial charge >= 0.3 is 23.9 Å². The van der Waals surface area contributed by atoms with Crippen LogP contribution in [0.3, 0.4) is 0 Å². The third-order valence-electron chi connectivity index (χ3n) is 6.55. The van der Waals surface area contributed by atoms with Crippen molar-refractivity contribution in [3.05, 3.63) is 53.9 Å². The molecular weight excluding hydrogens is 580 g/mol. The molecule has 238 valence electrons. The van der Waals surface area contributed by atoms with Crippen molar-refractivity contribution in [2.45, 2.75) is 44.4 Å². The van der Waals surface area contributed by atoms with Crippen molar-refractivity contribution >= 4 is 29.8 Å². The van der Waals surface area contributed by atoms with Crippen molar-refractivity contribution in [3.63, 3.8) is 0 Å². The molecule has 1 aromatic carbocycles. The van der Waals surface area contributed by atoms with E-state index in [4.69, 9.17) is 33.2 Å². The molecule has 2 aromatic rings. The van der Waals surface area contributed by atoms with Crippen LogP contribution in [0.1, 0.15) is 35.8 Å². The van der Waals surface area contributed by atoms with Crippen LogP contribution < -0.4 is 14.8 Å². The van der Waals surface area contributed by atoms with Gasteiger partial charge in [-0.15, -0.1) is 0 Å². The molecule has 1 aliphatic heterocycles. The number of pyridine rings is 1. The summed E-state index contributed by atoms with van der Waals surface area (Å²) < 4.78 is 37.1. The average Bonchev–Trinajstić information content (AvgIpc) is 3.05. The summed E-state index contributed by atoms with van der Waals surface area (Å²) in [7, 11) is 4.15. The monoisotopic (exact) mass is 616 g/mol. The van der Waals surface area contributed by atoms with E-state index in [2.05, 4.69) is 10.3 Å². The Morgan fingerprint density at radius 2 is 1.64 bits per heavy atom. The average molecular weight is 617 g/mol. The molecule has 0 saturated carbocycles. The summed E-state index contributed by atoms with van der Waals surface area (Å²) >= 11 is 0. The first kappa shape index (κ1) is 33.9. The number of benzene rings is 1. The van der Waals surface area contributed by atoms with E-state index in [0.29, 0.717) is 0 Å². The molecule has 0 aliphatic carbocycles. The minimum absolute atomic E-state index is 0.0369. The number of nitrogens with one attached hydrogen (secondary N) is 1. The summed E-state index contributed by atoms with van der Waals surface area (Å²) in [5.74, 6) is -5.32. The SMILES string of the molecule is COCCC(=O)Oc1c(OC)ccnc1C(=O)N[C@H]1COC(=O)[C@H](Cc2ccccc2)[C@@H](OC(=O)CCOC)[C@H](C)OC1=O. The number of aromatic nitrogens is 1. The normalized spacial score (nSPS) is 20.2. The zero-order valence-electron chi connectivity index (χ0n) is 24.9. The van der Waals surface area contributed by atoms with Gasteiger partial charge < -0.3 is 38.5 Å². The molecule has 44 heavy (non-hydrogen) atoms. The summed E-state index contributed by atoms with van der Waals surface area (Å²) in [6, 6.07) is 8.89. The molecule has 1 fully saturated rings. The van der Waals surface area contributed by atoms with Crippen LogP contribution in [0.15, 0.2) is 42.6 Å². The highest BCUT2D eigenvalue weighted by atomic mass is 16.6. The second kappa shape index (κ2) is 16.9. The number of carbonyl (C=O) groups excluding carboxylic acids is 5. The van der Waals surface area contributed by atoms with Crippen LogP contribution in [0.4, 0.5) is 0 Å². The number of cyclic esters (lactones) is 2. The minimum Gasteiger partial charge on any atom is -0.493 e. The van der Waals surface area contributed by atoms with Crippen molar-refractivity contribution in [2.24, 2.45) is 5.92 Å².